The number of pyridine rings is 1. The number of ether oxygens (including phenoxy) is 3. The molecule has 0 amide bonds. The number of hydrogen-bond donors (Lipinski definition) is 1. The van der Waals surface area contributed by atoms with Gasteiger partial charge in [0.05, 0.1) is 41.0 Å². The maximum absolute atomic E-state index is 14.7. The second kappa shape index (κ2) is 7.15. The Morgan fingerprint density at radius 2 is 2.14 bits per heavy atom. The van der Waals surface area contributed by atoms with Crippen LogP contribution in [0.2, 0.25) is 5.02 Å². The number of nitrogens with one attached hydrogen (secondary N) is 1. The second-order valence-corrected chi connectivity index (χ2v) is 8.30. The SMILES string of the molecule is COc1c(Cl)cc2c(c1F)CC[C@H]2Nc1nccc2cc(C3OCCO3)sc12. The van der Waals surface area contributed by atoms with Gasteiger partial charge in [0.25, 0.3) is 0 Å². The predicted molar refractivity (Wildman–Crippen MR) is 107 cm³/mol. The number of anilines is 1. The van der Waals surface area contributed by atoms with Crippen LogP contribution in [0, 0.1) is 5.82 Å². The van der Waals surface area contributed by atoms with Gasteiger partial charge in [-0.25, -0.2) is 9.37 Å². The molecule has 5 nitrogen and oxygen atoms in total. The van der Waals surface area contributed by atoms with Crippen LogP contribution in [0.25, 0.3) is 10.1 Å². The lowest BCUT2D eigenvalue weighted by Crippen LogP contribution is -2.09. The average Bonchev–Trinajstić information content (AvgIpc) is 3.42. The van der Waals surface area contributed by atoms with Gasteiger partial charge in [0.15, 0.2) is 17.9 Å². The smallest absolute Gasteiger partial charge is 0.193 e. The van der Waals surface area contributed by atoms with Gasteiger partial charge in [-0.3, -0.25) is 0 Å². The second-order valence-electron chi connectivity index (χ2n) is 6.81. The van der Waals surface area contributed by atoms with Gasteiger partial charge in [-0.1, -0.05) is 11.6 Å². The molecule has 8 heteroatoms. The number of aromatic nitrogens is 1. The third-order valence-corrected chi connectivity index (χ3v) is 6.65. The highest BCUT2D eigenvalue weighted by Crippen LogP contribution is 2.43. The largest absolute Gasteiger partial charge is 0.492 e. The monoisotopic (exact) mass is 420 g/mol. The molecule has 2 aromatic heterocycles. The first-order valence-corrected chi connectivity index (χ1v) is 10.3. The molecule has 1 aromatic carbocycles. The van der Waals surface area contributed by atoms with E-state index in [1.807, 2.05) is 6.07 Å². The number of nitrogens with zero attached hydrogens (tertiary/aromatic N) is 1. The summed E-state index contributed by atoms with van der Waals surface area (Å²) in [5.41, 5.74) is 1.52. The fourth-order valence-electron chi connectivity index (χ4n) is 3.90. The Labute approximate surface area is 170 Å². The van der Waals surface area contributed by atoms with Gasteiger partial charge in [-0.2, -0.15) is 0 Å². The number of rotatable bonds is 4. The zero-order valence-electron chi connectivity index (χ0n) is 15.1. The molecule has 1 aliphatic heterocycles. The van der Waals surface area contributed by atoms with E-state index < -0.39 is 0 Å². The standard InChI is InChI=1S/C20H18ClFN2O3S/c1-25-17-13(21)9-12-11(16(17)22)2-3-14(12)24-19-18-10(4-5-23-19)8-15(28-18)20-26-6-7-27-20/h4-5,8-9,14,20H,2-3,6-7H2,1H3,(H,23,24)/t14-/m1/s1. The van der Waals surface area contributed by atoms with E-state index in [1.54, 1.807) is 23.6 Å². The lowest BCUT2D eigenvalue weighted by Gasteiger charge is -2.17. The molecule has 2 aliphatic rings. The summed E-state index contributed by atoms with van der Waals surface area (Å²) in [4.78, 5) is 5.55. The molecule has 1 atom stereocenters. The first-order valence-electron chi connectivity index (χ1n) is 9.08. The summed E-state index contributed by atoms with van der Waals surface area (Å²) in [6.45, 7) is 1.22. The number of hydrogen-bond acceptors (Lipinski definition) is 6. The van der Waals surface area contributed by atoms with Crippen molar-refractivity contribution in [3.63, 3.8) is 0 Å². The van der Waals surface area contributed by atoms with Gasteiger partial charge in [-0.05, 0) is 47.6 Å². The van der Waals surface area contributed by atoms with Crippen LogP contribution in [0.3, 0.4) is 0 Å². The van der Waals surface area contributed by atoms with Crippen molar-refractivity contribution in [3.05, 3.63) is 51.2 Å². The van der Waals surface area contributed by atoms with Crippen LogP contribution in [0.15, 0.2) is 24.4 Å². The molecule has 1 aliphatic carbocycles. The third-order valence-electron chi connectivity index (χ3n) is 5.19. The van der Waals surface area contributed by atoms with Gasteiger partial charge in [0.2, 0.25) is 0 Å². The van der Waals surface area contributed by atoms with E-state index in [4.69, 9.17) is 25.8 Å². The molecule has 0 saturated carbocycles. The van der Waals surface area contributed by atoms with Crippen molar-refractivity contribution in [1.82, 2.24) is 4.98 Å². The number of methoxy groups -OCH3 is 1. The Balaban J connectivity index is 1.49. The molecule has 28 heavy (non-hydrogen) atoms. The Kier molecular flexibility index (Phi) is 4.63. The minimum Gasteiger partial charge on any atom is -0.492 e. The van der Waals surface area contributed by atoms with Crippen LogP contribution in [0.4, 0.5) is 10.2 Å². The highest BCUT2D eigenvalue weighted by atomic mass is 35.5. The topological polar surface area (TPSA) is 52.6 Å². The van der Waals surface area contributed by atoms with Crippen LogP contribution in [-0.4, -0.2) is 25.3 Å². The number of fused-ring (bicyclic) bond motifs is 2. The van der Waals surface area contributed by atoms with Crippen LogP contribution < -0.4 is 10.1 Å². The Bertz CT molecular complexity index is 1050. The number of halogens is 2. The summed E-state index contributed by atoms with van der Waals surface area (Å²) in [7, 11) is 1.43. The van der Waals surface area contributed by atoms with E-state index in [1.165, 1.54) is 7.11 Å². The normalized spacial score (nSPS) is 19.3. The van der Waals surface area contributed by atoms with Crippen LogP contribution >= 0.6 is 22.9 Å². The van der Waals surface area contributed by atoms with Crippen molar-refractivity contribution in [2.75, 3.05) is 25.6 Å². The molecule has 5 rings (SSSR count). The Morgan fingerprint density at radius 3 is 2.93 bits per heavy atom. The van der Waals surface area contributed by atoms with E-state index >= 15 is 0 Å². The van der Waals surface area contributed by atoms with Crippen molar-refractivity contribution in [3.8, 4) is 5.75 Å². The zero-order valence-corrected chi connectivity index (χ0v) is 16.7. The fraction of sp³-hybridized carbons (Fsp3) is 0.350. The molecule has 3 heterocycles. The fourth-order valence-corrected chi connectivity index (χ4v) is 5.28. The number of thiophene rings is 1. The van der Waals surface area contributed by atoms with Crippen LogP contribution in [-0.2, 0) is 15.9 Å². The molecule has 0 bridgehead atoms. The molecule has 1 N–H and O–H groups in total. The van der Waals surface area contributed by atoms with Crippen molar-refractivity contribution in [1.29, 1.82) is 0 Å². The first-order chi connectivity index (χ1) is 13.7. The van der Waals surface area contributed by atoms with Gasteiger partial charge >= 0.3 is 0 Å². The minimum absolute atomic E-state index is 0.0597. The molecule has 3 aromatic rings. The Morgan fingerprint density at radius 1 is 1.32 bits per heavy atom. The van der Waals surface area contributed by atoms with Gasteiger partial charge in [0, 0.05) is 6.20 Å². The summed E-state index contributed by atoms with van der Waals surface area (Å²) in [5.74, 6) is 0.520. The van der Waals surface area contributed by atoms with Gasteiger partial charge < -0.3 is 19.5 Å². The third kappa shape index (κ3) is 2.93. The van der Waals surface area contributed by atoms with Gasteiger partial charge in [0.1, 0.15) is 5.82 Å². The number of benzene rings is 1. The molecule has 0 spiro atoms. The van der Waals surface area contributed by atoms with E-state index in [2.05, 4.69) is 16.4 Å². The molecule has 146 valence electrons. The lowest BCUT2D eigenvalue weighted by molar-refractivity contribution is -0.0412. The van der Waals surface area contributed by atoms with E-state index in [9.17, 15) is 4.39 Å². The first kappa shape index (κ1) is 18.1. The molecular formula is C20H18ClFN2O3S. The molecule has 1 fully saturated rings. The summed E-state index contributed by atoms with van der Waals surface area (Å²) < 4.78 is 32.1. The summed E-state index contributed by atoms with van der Waals surface area (Å²) in [6.07, 6.45) is 2.86. The van der Waals surface area contributed by atoms with Crippen LogP contribution in [0.5, 0.6) is 5.75 Å². The lowest BCUT2D eigenvalue weighted by atomic mass is 10.1. The summed E-state index contributed by atoms with van der Waals surface area (Å²) in [6, 6.07) is 5.78. The quantitative estimate of drug-likeness (QED) is 0.625. The molecule has 0 radical (unpaired) electrons. The Hall–Kier alpha value is -1.93. The maximum Gasteiger partial charge on any atom is 0.193 e. The highest BCUT2D eigenvalue weighted by Gasteiger charge is 2.30. The van der Waals surface area contributed by atoms with E-state index in [0.717, 1.165) is 32.8 Å². The predicted octanol–water partition coefficient (Wildman–Crippen LogP) is 5.24. The minimum atomic E-state index is -0.366. The van der Waals surface area contributed by atoms with Crippen molar-refractivity contribution < 1.29 is 18.6 Å². The molecular weight excluding hydrogens is 403 g/mol. The summed E-state index contributed by atoms with van der Waals surface area (Å²) in [5, 5.41) is 4.85. The van der Waals surface area contributed by atoms with Crippen LogP contribution in [0.1, 0.15) is 34.8 Å². The highest BCUT2D eigenvalue weighted by molar-refractivity contribution is 7.19. The van der Waals surface area contributed by atoms with Crippen molar-refractivity contribution in [2.24, 2.45) is 0 Å². The average molecular weight is 421 g/mol. The maximum atomic E-state index is 14.7. The molecule has 1 saturated heterocycles. The van der Waals surface area contributed by atoms with Crippen molar-refractivity contribution in [2.45, 2.75) is 25.2 Å². The van der Waals surface area contributed by atoms with E-state index in [0.29, 0.717) is 25.2 Å². The summed E-state index contributed by atoms with van der Waals surface area (Å²) >= 11 is 7.82. The zero-order chi connectivity index (χ0) is 19.3. The van der Waals surface area contributed by atoms with E-state index in [-0.39, 0.29) is 28.9 Å². The van der Waals surface area contributed by atoms with Crippen molar-refractivity contribution >= 4 is 38.8 Å². The molecule has 0 unspecified atom stereocenters. The van der Waals surface area contributed by atoms with Gasteiger partial charge in [-0.15, -0.1) is 11.3 Å².